The number of nitrogens with zero attached hydrogens (tertiary/aromatic N) is 3. The van der Waals surface area contributed by atoms with Crippen LogP contribution in [0.2, 0.25) is 5.02 Å². The van der Waals surface area contributed by atoms with E-state index >= 15 is 0 Å². The van der Waals surface area contributed by atoms with E-state index in [0.29, 0.717) is 22.4 Å². The number of halogens is 1. The second kappa shape index (κ2) is 6.71. The summed E-state index contributed by atoms with van der Waals surface area (Å²) in [6.45, 7) is 5.18. The summed E-state index contributed by atoms with van der Waals surface area (Å²) in [5.41, 5.74) is 1.53. The molecule has 3 rings (SSSR count). The van der Waals surface area contributed by atoms with Crippen molar-refractivity contribution in [1.29, 1.82) is 0 Å². The van der Waals surface area contributed by atoms with Crippen molar-refractivity contribution in [3.05, 3.63) is 46.1 Å². The summed E-state index contributed by atoms with van der Waals surface area (Å²) >= 11 is 6.14. The molecule has 6 heteroatoms. The maximum Gasteiger partial charge on any atom is 0.254 e. The Hall–Kier alpha value is -1.88. The van der Waals surface area contributed by atoms with Crippen molar-refractivity contribution in [3.63, 3.8) is 0 Å². The summed E-state index contributed by atoms with van der Waals surface area (Å²) in [4.78, 5) is 19.0. The number of hydrogen-bond acceptors (Lipinski definition) is 4. The summed E-state index contributed by atoms with van der Waals surface area (Å²) in [5, 5.41) is 4.59. The number of carbonyl (C=O) groups is 1. The fourth-order valence-corrected chi connectivity index (χ4v) is 3.28. The van der Waals surface area contributed by atoms with Crippen LogP contribution in [0.4, 0.5) is 0 Å². The van der Waals surface area contributed by atoms with E-state index in [1.54, 1.807) is 6.92 Å². The summed E-state index contributed by atoms with van der Waals surface area (Å²) < 4.78 is 5.02. The smallest absolute Gasteiger partial charge is 0.254 e. The SMILES string of the molecule is Cc1nc(C[C@@H]2CCCN(C(=O)c3cccc(Cl)c3C)C2)no1. The van der Waals surface area contributed by atoms with E-state index in [9.17, 15) is 4.79 Å². The lowest BCUT2D eigenvalue weighted by Crippen LogP contribution is -2.40. The minimum atomic E-state index is 0.0546. The molecule has 5 nitrogen and oxygen atoms in total. The standard InChI is InChI=1S/C17H20ClN3O2/c1-11-14(6-3-7-15(11)18)17(22)21-8-4-5-13(10-21)9-16-19-12(2)23-20-16/h3,6-7,13H,4-5,8-10H2,1-2H3/t13-/m0/s1. The molecule has 1 aromatic carbocycles. The van der Waals surface area contributed by atoms with Gasteiger partial charge in [0.15, 0.2) is 5.82 Å². The monoisotopic (exact) mass is 333 g/mol. The predicted molar refractivity (Wildman–Crippen MR) is 87.6 cm³/mol. The molecule has 122 valence electrons. The number of carbonyl (C=O) groups excluding carboxylic acids is 1. The molecule has 1 atom stereocenters. The first-order valence-electron chi connectivity index (χ1n) is 7.88. The second-order valence-corrected chi connectivity index (χ2v) is 6.51. The van der Waals surface area contributed by atoms with Crippen LogP contribution in [0.25, 0.3) is 0 Å². The number of amides is 1. The van der Waals surface area contributed by atoms with Crippen LogP contribution < -0.4 is 0 Å². The van der Waals surface area contributed by atoms with Gasteiger partial charge in [0.2, 0.25) is 5.89 Å². The molecule has 23 heavy (non-hydrogen) atoms. The third-order valence-corrected chi connectivity index (χ3v) is 4.75. The van der Waals surface area contributed by atoms with Crippen molar-refractivity contribution in [3.8, 4) is 0 Å². The molecule has 1 aromatic heterocycles. The number of aromatic nitrogens is 2. The third kappa shape index (κ3) is 3.55. The van der Waals surface area contributed by atoms with Gasteiger partial charge in [0.05, 0.1) is 0 Å². The van der Waals surface area contributed by atoms with E-state index in [0.717, 1.165) is 43.7 Å². The van der Waals surface area contributed by atoms with Crippen LogP contribution >= 0.6 is 11.6 Å². The van der Waals surface area contributed by atoms with E-state index in [1.807, 2.05) is 30.0 Å². The lowest BCUT2D eigenvalue weighted by molar-refractivity contribution is 0.0671. The molecule has 0 bridgehead atoms. The highest BCUT2D eigenvalue weighted by molar-refractivity contribution is 6.31. The van der Waals surface area contributed by atoms with Crippen molar-refractivity contribution >= 4 is 17.5 Å². The van der Waals surface area contributed by atoms with Crippen LogP contribution in [-0.4, -0.2) is 34.0 Å². The van der Waals surface area contributed by atoms with Crippen molar-refractivity contribution < 1.29 is 9.32 Å². The normalized spacial score (nSPS) is 18.2. The van der Waals surface area contributed by atoms with Crippen LogP contribution in [0.1, 0.15) is 40.5 Å². The molecule has 0 N–H and O–H groups in total. The second-order valence-electron chi connectivity index (χ2n) is 6.11. The lowest BCUT2D eigenvalue weighted by Gasteiger charge is -2.32. The van der Waals surface area contributed by atoms with Gasteiger partial charge in [-0.05, 0) is 43.4 Å². The average molecular weight is 334 g/mol. The number of piperidine rings is 1. The molecule has 1 aliphatic heterocycles. The summed E-state index contributed by atoms with van der Waals surface area (Å²) in [6, 6.07) is 5.48. The molecule has 0 radical (unpaired) electrons. The van der Waals surface area contributed by atoms with Gasteiger partial charge < -0.3 is 9.42 Å². The molecule has 0 unspecified atom stereocenters. The van der Waals surface area contributed by atoms with Gasteiger partial charge in [-0.1, -0.05) is 22.8 Å². The van der Waals surface area contributed by atoms with Gasteiger partial charge in [-0.15, -0.1) is 0 Å². The summed E-state index contributed by atoms with van der Waals surface area (Å²) in [6.07, 6.45) is 2.81. The van der Waals surface area contributed by atoms with Crippen LogP contribution in [0.15, 0.2) is 22.7 Å². The highest BCUT2D eigenvalue weighted by atomic mass is 35.5. The van der Waals surface area contributed by atoms with Crippen molar-refractivity contribution in [2.75, 3.05) is 13.1 Å². The van der Waals surface area contributed by atoms with Crippen LogP contribution in [0.3, 0.4) is 0 Å². The number of hydrogen-bond donors (Lipinski definition) is 0. The molecule has 1 aliphatic rings. The summed E-state index contributed by atoms with van der Waals surface area (Å²) in [5.74, 6) is 1.72. The average Bonchev–Trinajstić information content (AvgIpc) is 2.95. The van der Waals surface area contributed by atoms with Crippen molar-refractivity contribution in [2.45, 2.75) is 33.1 Å². The number of likely N-dealkylation sites (tertiary alicyclic amines) is 1. The molecule has 0 saturated carbocycles. The molecule has 1 fully saturated rings. The van der Waals surface area contributed by atoms with E-state index in [-0.39, 0.29) is 5.91 Å². The molecule has 2 heterocycles. The first-order chi connectivity index (χ1) is 11.0. The van der Waals surface area contributed by atoms with Crippen LogP contribution in [0, 0.1) is 19.8 Å². The van der Waals surface area contributed by atoms with E-state index in [2.05, 4.69) is 10.1 Å². The zero-order valence-electron chi connectivity index (χ0n) is 13.4. The van der Waals surface area contributed by atoms with Gasteiger partial charge in [0.25, 0.3) is 5.91 Å². The van der Waals surface area contributed by atoms with E-state index in [4.69, 9.17) is 16.1 Å². The first kappa shape index (κ1) is 16.0. The minimum absolute atomic E-state index is 0.0546. The van der Waals surface area contributed by atoms with Crippen LogP contribution in [0.5, 0.6) is 0 Å². The predicted octanol–water partition coefficient (Wildman–Crippen LogP) is 3.43. The molecule has 0 aliphatic carbocycles. The van der Waals surface area contributed by atoms with Gasteiger partial charge in [-0.3, -0.25) is 4.79 Å². The topological polar surface area (TPSA) is 59.2 Å². The highest BCUT2D eigenvalue weighted by Crippen LogP contribution is 2.24. The minimum Gasteiger partial charge on any atom is -0.340 e. The Morgan fingerprint density at radius 1 is 1.43 bits per heavy atom. The van der Waals surface area contributed by atoms with Gasteiger partial charge >= 0.3 is 0 Å². The van der Waals surface area contributed by atoms with E-state index in [1.165, 1.54) is 0 Å². The Labute approximate surface area is 140 Å². The lowest BCUT2D eigenvalue weighted by atomic mass is 9.93. The fourth-order valence-electron chi connectivity index (χ4n) is 3.11. The molecular weight excluding hydrogens is 314 g/mol. The Bertz CT molecular complexity index is 714. The molecule has 0 spiro atoms. The molecular formula is C17H20ClN3O2. The quantitative estimate of drug-likeness (QED) is 0.863. The van der Waals surface area contributed by atoms with Crippen molar-refractivity contribution in [1.82, 2.24) is 15.0 Å². The Balaban J connectivity index is 1.70. The maximum absolute atomic E-state index is 12.8. The zero-order valence-corrected chi connectivity index (χ0v) is 14.1. The maximum atomic E-state index is 12.8. The zero-order chi connectivity index (χ0) is 16.4. The summed E-state index contributed by atoms with van der Waals surface area (Å²) in [7, 11) is 0. The fraction of sp³-hybridized carbons (Fsp3) is 0.471. The molecule has 1 saturated heterocycles. The van der Waals surface area contributed by atoms with Gasteiger partial charge in [0.1, 0.15) is 0 Å². The molecule has 1 amide bonds. The Morgan fingerprint density at radius 3 is 3.00 bits per heavy atom. The largest absolute Gasteiger partial charge is 0.340 e. The number of aryl methyl sites for hydroxylation is 1. The van der Waals surface area contributed by atoms with Gasteiger partial charge in [0, 0.05) is 37.0 Å². The number of benzene rings is 1. The Kier molecular flexibility index (Phi) is 4.66. The first-order valence-corrected chi connectivity index (χ1v) is 8.26. The van der Waals surface area contributed by atoms with Crippen LogP contribution in [-0.2, 0) is 6.42 Å². The third-order valence-electron chi connectivity index (χ3n) is 4.35. The highest BCUT2D eigenvalue weighted by Gasteiger charge is 2.26. The van der Waals surface area contributed by atoms with E-state index < -0.39 is 0 Å². The Morgan fingerprint density at radius 2 is 2.26 bits per heavy atom. The molecule has 2 aromatic rings. The van der Waals surface area contributed by atoms with Crippen molar-refractivity contribution in [2.24, 2.45) is 5.92 Å². The number of rotatable bonds is 3. The van der Waals surface area contributed by atoms with Gasteiger partial charge in [-0.25, -0.2) is 0 Å². The van der Waals surface area contributed by atoms with Gasteiger partial charge in [-0.2, -0.15) is 4.98 Å².